The number of hydrogen-bond donors (Lipinski definition) is 2. The van der Waals surface area contributed by atoms with Crippen LogP contribution in [0.5, 0.6) is 5.88 Å². The van der Waals surface area contributed by atoms with E-state index < -0.39 is 0 Å². The molecule has 0 aromatic carbocycles. The molecule has 4 nitrogen and oxygen atoms in total. The van der Waals surface area contributed by atoms with Crippen LogP contribution in [0.3, 0.4) is 0 Å². The van der Waals surface area contributed by atoms with Crippen molar-refractivity contribution in [2.24, 2.45) is 5.92 Å². The molecule has 0 bridgehead atoms. The molecule has 1 aliphatic heterocycles. The van der Waals surface area contributed by atoms with Crippen molar-refractivity contribution < 1.29 is 4.74 Å². The van der Waals surface area contributed by atoms with Crippen LogP contribution in [0.4, 0.5) is 0 Å². The highest BCUT2D eigenvalue weighted by Crippen LogP contribution is 2.48. The second-order valence-corrected chi connectivity index (χ2v) is 6.45. The summed E-state index contributed by atoms with van der Waals surface area (Å²) in [4.78, 5) is 17.9. The maximum atomic E-state index is 12.2. The first-order valence-corrected chi connectivity index (χ1v) is 7.02. The maximum Gasteiger partial charge on any atom is 0.259 e. The smallest absolute Gasteiger partial charge is 0.259 e. The minimum atomic E-state index is -0.291. The summed E-state index contributed by atoms with van der Waals surface area (Å²) in [6.07, 6.45) is 4.34. The molecule has 0 radical (unpaired) electrons. The SMILES string of the molecule is CC1=C[C@@H]2c3c([nH]c(=S)[nH]c3=O)OC(C)(C)[C@@H]2CC1. The zero-order valence-corrected chi connectivity index (χ0v) is 12.2. The summed E-state index contributed by atoms with van der Waals surface area (Å²) < 4.78 is 6.33. The Morgan fingerprint density at radius 1 is 1.42 bits per heavy atom. The summed E-state index contributed by atoms with van der Waals surface area (Å²) in [5.74, 6) is 0.975. The van der Waals surface area contributed by atoms with Gasteiger partial charge in [0.15, 0.2) is 4.77 Å². The first-order chi connectivity index (χ1) is 8.88. The van der Waals surface area contributed by atoms with E-state index in [1.54, 1.807) is 0 Å². The van der Waals surface area contributed by atoms with Gasteiger partial charge in [0.1, 0.15) is 5.60 Å². The molecular formula is C14H18N2O2S. The Hall–Kier alpha value is -1.36. The van der Waals surface area contributed by atoms with Gasteiger partial charge in [-0.1, -0.05) is 11.6 Å². The van der Waals surface area contributed by atoms with Gasteiger partial charge in [-0.2, -0.15) is 0 Å². The molecule has 0 fully saturated rings. The molecule has 0 amide bonds. The van der Waals surface area contributed by atoms with Gasteiger partial charge in [-0.25, -0.2) is 0 Å². The summed E-state index contributed by atoms with van der Waals surface area (Å²) >= 11 is 5.02. The third kappa shape index (κ3) is 1.96. The molecule has 3 rings (SSSR count). The summed E-state index contributed by atoms with van der Waals surface area (Å²) in [6, 6.07) is 0. The fourth-order valence-electron chi connectivity index (χ4n) is 3.33. The first-order valence-electron chi connectivity index (χ1n) is 6.61. The Morgan fingerprint density at radius 2 is 2.16 bits per heavy atom. The van der Waals surface area contributed by atoms with Gasteiger partial charge in [0.05, 0.1) is 5.56 Å². The van der Waals surface area contributed by atoms with Crippen molar-refractivity contribution in [3.05, 3.63) is 32.3 Å². The molecule has 0 spiro atoms. The van der Waals surface area contributed by atoms with Gasteiger partial charge >= 0.3 is 0 Å². The summed E-state index contributed by atoms with van der Waals surface area (Å²) in [7, 11) is 0. The third-order valence-corrected chi connectivity index (χ3v) is 4.49. The number of ether oxygens (including phenoxy) is 1. The standard InChI is InChI=1S/C14H18N2O2S/c1-7-4-5-9-8(6-7)10-11(17)15-13(19)16-12(10)18-14(9,2)3/h6,8-9H,4-5H2,1-3H3,(H2,15,16,17,19)/t8-,9+/m0/s1. The van der Waals surface area contributed by atoms with E-state index in [0.29, 0.717) is 22.1 Å². The number of allylic oxidation sites excluding steroid dienone is 2. The number of hydrogen-bond acceptors (Lipinski definition) is 3. The quantitative estimate of drug-likeness (QED) is 0.566. The lowest BCUT2D eigenvalue weighted by atomic mass is 9.69. The zero-order valence-electron chi connectivity index (χ0n) is 11.4. The molecule has 2 atom stereocenters. The predicted molar refractivity (Wildman–Crippen MR) is 76.2 cm³/mol. The third-order valence-electron chi connectivity index (χ3n) is 4.28. The van der Waals surface area contributed by atoms with Gasteiger partial charge in [0, 0.05) is 11.8 Å². The minimum Gasteiger partial charge on any atom is -0.472 e. The van der Waals surface area contributed by atoms with Crippen LogP contribution in [-0.2, 0) is 0 Å². The highest BCUT2D eigenvalue weighted by Gasteiger charge is 2.45. The molecular weight excluding hydrogens is 260 g/mol. The van der Waals surface area contributed by atoms with Crippen LogP contribution in [-0.4, -0.2) is 15.6 Å². The van der Waals surface area contributed by atoms with Crippen LogP contribution in [0.25, 0.3) is 0 Å². The van der Waals surface area contributed by atoms with E-state index in [-0.39, 0.29) is 17.1 Å². The Kier molecular flexibility index (Phi) is 2.71. The Balaban J connectivity index is 2.27. The van der Waals surface area contributed by atoms with Crippen molar-refractivity contribution in [2.45, 2.75) is 45.1 Å². The monoisotopic (exact) mass is 278 g/mol. The molecule has 2 aliphatic rings. The van der Waals surface area contributed by atoms with E-state index >= 15 is 0 Å². The fraction of sp³-hybridized carbons (Fsp3) is 0.571. The number of rotatable bonds is 0. The van der Waals surface area contributed by atoms with E-state index in [1.165, 1.54) is 5.57 Å². The molecule has 0 saturated carbocycles. The number of aromatic nitrogens is 2. The van der Waals surface area contributed by atoms with Crippen molar-refractivity contribution in [2.75, 3.05) is 0 Å². The minimum absolute atomic E-state index is 0.114. The van der Waals surface area contributed by atoms with Gasteiger partial charge in [0.2, 0.25) is 5.88 Å². The van der Waals surface area contributed by atoms with E-state index in [9.17, 15) is 4.79 Å². The lowest BCUT2D eigenvalue weighted by molar-refractivity contribution is 0.00601. The lowest BCUT2D eigenvalue weighted by Crippen LogP contribution is -2.47. The summed E-state index contributed by atoms with van der Waals surface area (Å²) in [5.41, 5.74) is 1.61. The van der Waals surface area contributed by atoms with Crippen molar-refractivity contribution in [1.82, 2.24) is 9.97 Å². The lowest BCUT2D eigenvalue weighted by Gasteiger charge is -2.45. The summed E-state index contributed by atoms with van der Waals surface area (Å²) in [5, 5.41) is 0. The molecule has 1 aliphatic carbocycles. The average molecular weight is 278 g/mol. The average Bonchev–Trinajstić information content (AvgIpc) is 2.25. The Labute approximate surface area is 116 Å². The summed E-state index contributed by atoms with van der Waals surface area (Å²) in [6.45, 7) is 6.29. The van der Waals surface area contributed by atoms with Crippen LogP contribution in [0, 0.1) is 10.7 Å². The van der Waals surface area contributed by atoms with Crippen LogP contribution >= 0.6 is 12.2 Å². The Morgan fingerprint density at radius 3 is 2.89 bits per heavy atom. The molecule has 5 heteroatoms. The molecule has 102 valence electrons. The van der Waals surface area contributed by atoms with Gasteiger partial charge in [-0.15, -0.1) is 0 Å². The van der Waals surface area contributed by atoms with Crippen molar-refractivity contribution >= 4 is 12.2 Å². The Bertz CT molecular complexity index is 669. The van der Waals surface area contributed by atoms with Gasteiger partial charge in [-0.3, -0.25) is 9.78 Å². The molecule has 1 aromatic heterocycles. The highest BCUT2D eigenvalue weighted by molar-refractivity contribution is 7.71. The van der Waals surface area contributed by atoms with E-state index in [0.717, 1.165) is 12.8 Å². The number of nitrogens with one attached hydrogen (secondary N) is 2. The number of fused-ring (bicyclic) bond motifs is 3. The van der Waals surface area contributed by atoms with Crippen molar-refractivity contribution in [3.63, 3.8) is 0 Å². The predicted octanol–water partition coefficient (Wildman–Crippen LogP) is 3.04. The number of aromatic amines is 2. The van der Waals surface area contributed by atoms with Crippen LogP contribution in [0.15, 0.2) is 16.4 Å². The molecule has 2 heterocycles. The topological polar surface area (TPSA) is 57.9 Å². The highest BCUT2D eigenvalue weighted by atomic mass is 32.1. The maximum absolute atomic E-state index is 12.2. The molecule has 0 saturated heterocycles. The molecule has 1 aromatic rings. The normalized spacial score (nSPS) is 27.8. The first kappa shape index (κ1) is 12.7. The largest absolute Gasteiger partial charge is 0.472 e. The van der Waals surface area contributed by atoms with Crippen molar-refractivity contribution in [1.29, 1.82) is 0 Å². The second kappa shape index (κ2) is 4.07. The fourth-order valence-corrected chi connectivity index (χ4v) is 3.52. The van der Waals surface area contributed by atoms with Crippen molar-refractivity contribution in [3.8, 4) is 5.88 Å². The molecule has 0 unspecified atom stereocenters. The second-order valence-electron chi connectivity index (χ2n) is 6.04. The van der Waals surface area contributed by atoms with E-state index in [4.69, 9.17) is 17.0 Å². The molecule has 19 heavy (non-hydrogen) atoms. The van der Waals surface area contributed by atoms with E-state index in [2.05, 4.69) is 36.8 Å². The van der Waals surface area contributed by atoms with Crippen LogP contribution in [0.2, 0.25) is 0 Å². The molecule has 2 N–H and O–H groups in total. The van der Waals surface area contributed by atoms with Gasteiger partial charge in [0.25, 0.3) is 5.56 Å². The van der Waals surface area contributed by atoms with Gasteiger partial charge in [-0.05, 0) is 45.8 Å². The van der Waals surface area contributed by atoms with E-state index in [1.807, 2.05) is 0 Å². The zero-order chi connectivity index (χ0) is 13.8. The van der Waals surface area contributed by atoms with Crippen LogP contribution < -0.4 is 10.3 Å². The number of H-pyrrole nitrogens is 2. The van der Waals surface area contributed by atoms with Gasteiger partial charge < -0.3 is 9.72 Å². The van der Waals surface area contributed by atoms with Crippen LogP contribution in [0.1, 0.15) is 45.1 Å².